The Morgan fingerprint density at radius 3 is 1.82 bits per heavy atom. The van der Waals surface area contributed by atoms with Crippen LogP contribution >= 0.6 is 0 Å². The Kier molecular flexibility index (Phi) is 9.82. The van der Waals surface area contributed by atoms with Gasteiger partial charge in [-0.1, -0.05) is 47.6 Å². The number of alkyl halides is 1. The van der Waals surface area contributed by atoms with E-state index in [2.05, 4.69) is 67.7 Å². The van der Waals surface area contributed by atoms with E-state index < -0.39 is 28.3 Å². The van der Waals surface area contributed by atoms with Crippen molar-refractivity contribution in [2.45, 2.75) is 96.8 Å². The van der Waals surface area contributed by atoms with Crippen molar-refractivity contribution in [2.75, 3.05) is 19.8 Å². The minimum atomic E-state index is -2.14. The van der Waals surface area contributed by atoms with Crippen molar-refractivity contribution in [3.8, 4) is 0 Å². The summed E-state index contributed by atoms with van der Waals surface area (Å²) in [6.45, 7) is 23.4. The van der Waals surface area contributed by atoms with Crippen molar-refractivity contribution in [1.82, 2.24) is 0 Å². The number of ether oxygens (including phenoxy) is 1. The maximum Gasteiger partial charge on any atom is 0.309 e. The quantitative estimate of drug-likeness (QED) is 0.232. The van der Waals surface area contributed by atoms with Gasteiger partial charge >= 0.3 is 5.97 Å². The molecule has 0 amide bonds. The summed E-state index contributed by atoms with van der Waals surface area (Å²) in [6.07, 6.45) is 2.74. The molecular weight excluding hydrogens is 391 g/mol. The van der Waals surface area contributed by atoms with Gasteiger partial charge in [-0.25, -0.2) is 4.39 Å². The predicted molar refractivity (Wildman–Crippen MR) is 121 cm³/mol. The molecule has 0 aliphatic heterocycles. The topological polar surface area (TPSA) is 44.8 Å². The molecule has 0 fully saturated rings. The van der Waals surface area contributed by atoms with Crippen LogP contribution in [0.3, 0.4) is 0 Å². The minimum absolute atomic E-state index is 0.0347. The largest absolute Gasteiger partial charge is 0.466 e. The van der Waals surface area contributed by atoms with Crippen molar-refractivity contribution < 1.29 is 22.8 Å². The van der Waals surface area contributed by atoms with Gasteiger partial charge in [-0.05, 0) is 49.3 Å². The van der Waals surface area contributed by atoms with Gasteiger partial charge in [0.2, 0.25) is 0 Å². The first-order chi connectivity index (χ1) is 12.4. The molecule has 1 atom stereocenters. The first-order valence-electron chi connectivity index (χ1n) is 10.2. The third-order valence-corrected chi connectivity index (χ3v) is 15.0. The van der Waals surface area contributed by atoms with Gasteiger partial charge < -0.3 is 13.6 Å². The Morgan fingerprint density at radius 1 is 0.929 bits per heavy atom. The summed E-state index contributed by atoms with van der Waals surface area (Å²) < 4.78 is 32.7. The number of esters is 1. The van der Waals surface area contributed by atoms with E-state index in [9.17, 15) is 4.79 Å². The van der Waals surface area contributed by atoms with Crippen molar-refractivity contribution in [3.63, 3.8) is 0 Å². The standard InChI is InChI=1S/C21H43FO4Si2/c1-12-24-18(23)16-21(22,17-26-28(10,11)20(5,6)7)14-13-15-25-27(8,9)19(2,3)4/h13-14H,12,15-17H2,1-11H3/b14-13+/t21-/m0/s1. The minimum Gasteiger partial charge on any atom is -0.466 e. The Bertz CT molecular complexity index is 534. The predicted octanol–water partition coefficient (Wildman–Crippen LogP) is 6.25. The molecule has 0 N–H and O–H groups in total. The molecular formula is C21H43FO4Si2. The number of hydrogen-bond acceptors (Lipinski definition) is 4. The highest BCUT2D eigenvalue weighted by molar-refractivity contribution is 6.74. The van der Waals surface area contributed by atoms with Crippen molar-refractivity contribution in [3.05, 3.63) is 12.2 Å². The van der Waals surface area contributed by atoms with E-state index in [0.717, 1.165) is 0 Å². The van der Waals surface area contributed by atoms with Crippen LogP contribution in [-0.4, -0.2) is 48.1 Å². The molecule has 0 rings (SSSR count). The third-order valence-electron chi connectivity index (χ3n) is 5.99. The molecule has 0 aromatic carbocycles. The molecule has 0 aliphatic carbocycles. The maximum absolute atomic E-state index is 15.6. The molecule has 28 heavy (non-hydrogen) atoms. The average molecular weight is 435 g/mol. The van der Waals surface area contributed by atoms with E-state index in [1.165, 1.54) is 6.08 Å². The van der Waals surface area contributed by atoms with E-state index in [1.807, 2.05) is 0 Å². The summed E-state index contributed by atoms with van der Waals surface area (Å²) in [5, 5.41) is 0.0526. The van der Waals surface area contributed by atoms with E-state index in [4.69, 9.17) is 13.6 Å². The van der Waals surface area contributed by atoms with E-state index in [0.29, 0.717) is 6.61 Å². The van der Waals surface area contributed by atoms with Crippen LogP contribution in [0.25, 0.3) is 0 Å². The Labute approximate surface area is 174 Å². The second-order valence-corrected chi connectivity index (χ2v) is 20.2. The third kappa shape index (κ3) is 8.88. The number of halogens is 1. The molecule has 0 heterocycles. The second-order valence-electron chi connectivity index (χ2n) is 10.5. The van der Waals surface area contributed by atoms with Gasteiger partial charge in [0, 0.05) is 0 Å². The normalized spacial score (nSPS) is 16.3. The fourth-order valence-electron chi connectivity index (χ4n) is 1.86. The van der Waals surface area contributed by atoms with E-state index >= 15 is 4.39 Å². The summed E-state index contributed by atoms with van der Waals surface area (Å²) in [5.41, 5.74) is -1.90. The number of carbonyl (C=O) groups excluding carboxylic acids is 1. The molecule has 4 nitrogen and oxygen atoms in total. The zero-order valence-corrected chi connectivity index (χ0v) is 22.0. The van der Waals surface area contributed by atoms with Crippen LogP contribution in [0.5, 0.6) is 0 Å². The zero-order chi connectivity index (χ0) is 22.4. The highest BCUT2D eigenvalue weighted by atomic mass is 28.4. The van der Waals surface area contributed by atoms with E-state index in [-0.39, 0.29) is 29.7 Å². The lowest BCUT2D eigenvalue weighted by Crippen LogP contribution is -2.45. The average Bonchev–Trinajstić information content (AvgIpc) is 2.48. The number of carbonyl (C=O) groups is 1. The monoisotopic (exact) mass is 434 g/mol. The molecule has 0 unspecified atom stereocenters. The molecule has 7 heteroatoms. The van der Waals surface area contributed by atoms with Crippen LogP contribution in [0.2, 0.25) is 36.3 Å². The van der Waals surface area contributed by atoms with Gasteiger partial charge in [0.15, 0.2) is 22.3 Å². The Balaban J connectivity index is 5.22. The fourth-order valence-corrected chi connectivity index (χ4v) is 3.84. The fraction of sp³-hybridized carbons (Fsp3) is 0.857. The SMILES string of the molecule is CCOC(=O)C[C@@](F)(/C=C/CO[Si](C)(C)C(C)(C)C)CO[Si](C)(C)C(C)(C)C. The molecule has 0 radical (unpaired) electrons. The van der Waals surface area contributed by atoms with Gasteiger partial charge in [-0.15, -0.1) is 0 Å². The maximum atomic E-state index is 15.6. The smallest absolute Gasteiger partial charge is 0.309 e. The van der Waals surface area contributed by atoms with Crippen LogP contribution < -0.4 is 0 Å². The van der Waals surface area contributed by atoms with Crippen molar-refractivity contribution >= 4 is 22.6 Å². The lowest BCUT2D eigenvalue weighted by atomic mass is 10.0. The summed E-state index contributed by atoms with van der Waals surface area (Å²) in [4.78, 5) is 11.9. The number of rotatable bonds is 10. The highest BCUT2D eigenvalue weighted by Gasteiger charge is 2.41. The summed E-state index contributed by atoms with van der Waals surface area (Å²) in [6, 6.07) is 0. The highest BCUT2D eigenvalue weighted by Crippen LogP contribution is 2.38. The second kappa shape index (κ2) is 10.0. The van der Waals surface area contributed by atoms with Crippen molar-refractivity contribution in [1.29, 1.82) is 0 Å². The molecule has 166 valence electrons. The van der Waals surface area contributed by atoms with E-state index in [1.54, 1.807) is 13.0 Å². The first kappa shape index (κ1) is 27.5. The van der Waals surface area contributed by atoms with Gasteiger partial charge in [-0.2, -0.15) is 0 Å². The molecule has 0 aromatic heterocycles. The Hall–Kier alpha value is -0.506. The zero-order valence-electron chi connectivity index (χ0n) is 20.0. The lowest BCUT2D eigenvalue weighted by molar-refractivity contribution is -0.146. The molecule has 0 spiro atoms. The van der Waals surface area contributed by atoms with Crippen LogP contribution in [0.4, 0.5) is 4.39 Å². The lowest BCUT2D eigenvalue weighted by Gasteiger charge is -2.38. The van der Waals surface area contributed by atoms with Gasteiger partial charge in [0.25, 0.3) is 0 Å². The molecule has 0 aromatic rings. The summed E-state index contributed by atoms with van der Waals surface area (Å²) >= 11 is 0. The van der Waals surface area contributed by atoms with Crippen LogP contribution in [-0.2, 0) is 18.4 Å². The molecule has 0 saturated carbocycles. The Morgan fingerprint density at radius 2 is 1.39 bits per heavy atom. The summed E-state index contributed by atoms with van der Waals surface area (Å²) in [5.74, 6) is -0.557. The van der Waals surface area contributed by atoms with Gasteiger partial charge in [-0.3, -0.25) is 4.79 Å². The van der Waals surface area contributed by atoms with Crippen LogP contribution in [0.15, 0.2) is 12.2 Å². The van der Waals surface area contributed by atoms with Gasteiger partial charge in [0.1, 0.15) is 0 Å². The van der Waals surface area contributed by atoms with Crippen LogP contribution in [0, 0.1) is 0 Å². The number of hydrogen-bond donors (Lipinski definition) is 0. The summed E-state index contributed by atoms with van der Waals surface area (Å²) in [7, 11) is -4.05. The first-order valence-corrected chi connectivity index (χ1v) is 16.0. The van der Waals surface area contributed by atoms with Crippen LogP contribution in [0.1, 0.15) is 54.9 Å². The van der Waals surface area contributed by atoms with Gasteiger partial charge in [0.05, 0.1) is 26.2 Å². The molecule has 0 saturated heterocycles. The van der Waals surface area contributed by atoms with Crippen molar-refractivity contribution in [2.24, 2.45) is 0 Å². The molecule has 0 aliphatic rings. The molecule has 0 bridgehead atoms.